The number of piperidine rings is 1. The molecule has 2 unspecified atom stereocenters. The smallest absolute Gasteiger partial charge is 0.245 e. The summed E-state index contributed by atoms with van der Waals surface area (Å²) in [6.07, 6.45) is 1.38. The Hall–Kier alpha value is -1.31. The van der Waals surface area contributed by atoms with Gasteiger partial charge >= 0.3 is 0 Å². The first-order valence-electron chi connectivity index (χ1n) is 6.76. The molecule has 1 aromatic rings. The molecule has 2 aliphatic heterocycles. The predicted octanol–water partition coefficient (Wildman–Crippen LogP) is 0.821. The Balaban J connectivity index is 2.01. The van der Waals surface area contributed by atoms with Gasteiger partial charge < -0.3 is 11.1 Å². The Morgan fingerprint density at radius 2 is 2.14 bits per heavy atom. The van der Waals surface area contributed by atoms with Gasteiger partial charge in [0.15, 0.2) is 0 Å². The van der Waals surface area contributed by atoms with E-state index in [1.807, 2.05) is 0 Å². The number of halogens is 1. The number of hydrogen-bond donors (Lipinski definition) is 2. The number of carbonyl (C=O) groups excluding carboxylic acids is 1. The Morgan fingerprint density at radius 1 is 1.38 bits per heavy atom. The van der Waals surface area contributed by atoms with Gasteiger partial charge in [-0.1, -0.05) is 11.6 Å². The van der Waals surface area contributed by atoms with Crippen LogP contribution in [0.2, 0.25) is 5.02 Å². The molecule has 6 nitrogen and oxygen atoms in total. The molecule has 3 N–H and O–H groups in total. The first-order chi connectivity index (χ1) is 9.91. The molecule has 2 atom stereocenters. The van der Waals surface area contributed by atoms with E-state index >= 15 is 0 Å². The van der Waals surface area contributed by atoms with E-state index in [9.17, 15) is 13.2 Å². The van der Waals surface area contributed by atoms with E-state index in [0.29, 0.717) is 31.0 Å². The largest absolute Gasteiger partial charge is 0.398 e. The molecule has 3 rings (SSSR count). The zero-order valence-corrected chi connectivity index (χ0v) is 12.8. The number of nitrogens with one attached hydrogen (secondary N) is 1. The molecule has 0 aliphatic carbocycles. The van der Waals surface area contributed by atoms with Crippen molar-refractivity contribution in [2.45, 2.75) is 23.8 Å². The van der Waals surface area contributed by atoms with E-state index in [2.05, 4.69) is 5.32 Å². The molecule has 0 saturated carbocycles. The van der Waals surface area contributed by atoms with E-state index in [0.717, 1.165) is 0 Å². The van der Waals surface area contributed by atoms with Crippen molar-refractivity contribution >= 4 is 33.2 Å². The summed E-state index contributed by atoms with van der Waals surface area (Å²) in [4.78, 5) is 11.8. The van der Waals surface area contributed by atoms with Gasteiger partial charge in [-0.3, -0.25) is 4.79 Å². The fraction of sp³-hybridized carbons (Fsp3) is 0.462. The van der Waals surface area contributed by atoms with E-state index in [1.165, 1.54) is 16.4 Å². The molecule has 21 heavy (non-hydrogen) atoms. The average Bonchev–Trinajstić information content (AvgIpc) is 2.83. The molecular weight excluding hydrogens is 314 g/mol. The SMILES string of the molecule is Nc1ccc(Cl)cc1S(=O)(=O)N1CCCC2C(=O)NCC21. The highest BCUT2D eigenvalue weighted by Crippen LogP contribution is 2.34. The van der Waals surface area contributed by atoms with Crippen LogP contribution < -0.4 is 11.1 Å². The van der Waals surface area contributed by atoms with Crippen molar-refractivity contribution in [3.8, 4) is 0 Å². The lowest BCUT2D eigenvalue weighted by Gasteiger charge is -2.35. The molecule has 0 aromatic heterocycles. The summed E-state index contributed by atoms with van der Waals surface area (Å²) in [6, 6.07) is 4.05. The van der Waals surface area contributed by atoms with Crippen molar-refractivity contribution in [1.82, 2.24) is 9.62 Å². The van der Waals surface area contributed by atoms with Gasteiger partial charge in [0.25, 0.3) is 0 Å². The number of amides is 1. The molecule has 0 bridgehead atoms. The van der Waals surface area contributed by atoms with Gasteiger partial charge in [-0.25, -0.2) is 8.42 Å². The molecular formula is C13H16ClN3O3S. The molecule has 1 aromatic carbocycles. The third-order valence-corrected chi connectivity index (χ3v) is 6.33. The van der Waals surface area contributed by atoms with E-state index < -0.39 is 10.0 Å². The van der Waals surface area contributed by atoms with Gasteiger partial charge in [0.2, 0.25) is 15.9 Å². The highest BCUT2D eigenvalue weighted by atomic mass is 35.5. The highest BCUT2D eigenvalue weighted by molar-refractivity contribution is 7.89. The summed E-state index contributed by atoms with van der Waals surface area (Å²) in [5.74, 6) is -0.340. The van der Waals surface area contributed by atoms with E-state index in [4.69, 9.17) is 17.3 Å². The minimum atomic E-state index is -3.76. The summed E-state index contributed by atoms with van der Waals surface area (Å²) in [7, 11) is -3.76. The first kappa shape index (κ1) is 14.6. The minimum absolute atomic E-state index is 0.00926. The number of sulfonamides is 1. The second-order valence-electron chi connectivity index (χ2n) is 5.36. The Morgan fingerprint density at radius 3 is 2.90 bits per heavy atom. The molecule has 2 heterocycles. The number of benzene rings is 1. The third-order valence-electron chi connectivity index (χ3n) is 4.11. The Bertz CT molecular complexity index is 692. The fourth-order valence-corrected chi connectivity index (χ4v) is 5.15. The highest BCUT2D eigenvalue weighted by Gasteiger charge is 2.45. The van der Waals surface area contributed by atoms with Crippen LogP contribution in [0.3, 0.4) is 0 Å². The van der Waals surface area contributed by atoms with Crippen molar-refractivity contribution in [3.05, 3.63) is 23.2 Å². The first-order valence-corrected chi connectivity index (χ1v) is 8.57. The van der Waals surface area contributed by atoms with Crippen LogP contribution in [0.1, 0.15) is 12.8 Å². The Kier molecular flexibility index (Phi) is 3.59. The number of carbonyl (C=O) groups is 1. The molecule has 2 fully saturated rings. The van der Waals surface area contributed by atoms with Crippen LogP contribution in [0, 0.1) is 5.92 Å². The van der Waals surface area contributed by atoms with Crippen molar-refractivity contribution < 1.29 is 13.2 Å². The number of rotatable bonds is 2. The summed E-state index contributed by atoms with van der Waals surface area (Å²) in [5.41, 5.74) is 5.97. The predicted molar refractivity (Wildman–Crippen MR) is 79.3 cm³/mol. The Labute approximate surface area is 128 Å². The van der Waals surface area contributed by atoms with Crippen molar-refractivity contribution in [1.29, 1.82) is 0 Å². The number of hydrogen-bond acceptors (Lipinski definition) is 4. The summed E-state index contributed by atoms with van der Waals surface area (Å²) >= 11 is 5.89. The molecule has 8 heteroatoms. The second kappa shape index (κ2) is 5.15. The lowest BCUT2D eigenvalue weighted by molar-refractivity contribution is -0.123. The average molecular weight is 330 g/mol. The van der Waals surface area contributed by atoms with Gasteiger partial charge in [0.05, 0.1) is 17.6 Å². The molecule has 1 amide bonds. The number of nitrogens with two attached hydrogens (primary N) is 1. The zero-order chi connectivity index (χ0) is 15.2. The molecule has 2 aliphatic rings. The molecule has 0 radical (unpaired) electrons. The maximum Gasteiger partial charge on any atom is 0.245 e. The van der Waals surface area contributed by atoms with Crippen LogP contribution in [0.15, 0.2) is 23.1 Å². The topological polar surface area (TPSA) is 92.5 Å². The van der Waals surface area contributed by atoms with Gasteiger partial charge in [-0.05, 0) is 31.0 Å². The standard InChI is InChI=1S/C13H16ClN3O3S/c14-8-3-4-10(15)12(6-8)21(19,20)17-5-1-2-9-11(17)7-16-13(9)18/h3-4,6,9,11H,1-2,5,7,15H2,(H,16,18). The van der Waals surface area contributed by atoms with Gasteiger partial charge in [0.1, 0.15) is 4.90 Å². The summed E-state index contributed by atoms with van der Waals surface area (Å²) in [6.45, 7) is 0.744. The maximum atomic E-state index is 12.9. The maximum absolute atomic E-state index is 12.9. The quantitative estimate of drug-likeness (QED) is 0.786. The van der Waals surface area contributed by atoms with Crippen molar-refractivity contribution in [2.75, 3.05) is 18.8 Å². The van der Waals surface area contributed by atoms with Gasteiger partial charge in [-0.15, -0.1) is 0 Å². The molecule has 0 spiro atoms. The summed E-state index contributed by atoms with van der Waals surface area (Å²) in [5, 5.41) is 3.06. The lowest BCUT2D eigenvalue weighted by Crippen LogP contribution is -2.48. The normalized spacial score (nSPS) is 26.4. The van der Waals surface area contributed by atoms with Crippen molar-refractivity contribution in [3.63, 3.8) is 0 Å². The number of fused-ring (bicyclic) bond motifs is 1. The van der Waals surface area contributed by atoms with Crippen LogP contribution >= 0.6 is 11.6 Å². The fourth-order valence-electron chi connectivity index (χ4n) is 3.07. The van der Waals surface area contributed by atoms with E-state index in [-0.39, 0.29) is 28.4 Å². The van der Waals surface area contributed by atoms with Crippen LogP contribution in [-0.2, 0) is 14.8 Å². The number of nitrogen functional groups attached to an aromatic ring is 1. The molecule has 114 valence electrons. The minimum Gasteiger partial charge on any atom is -0.398 e. The van der Waals surface area contributed by atoms with Crippen LogP contribution in [0.5, 0.6) is 0 Å². The second-order valence-corrected chi connectivity index (χ2v) is 7.65. The zero-order valence-electron chi connectivity index (χ0n) is 11.3. The monoisotopic (exact) mass is 329 g/mol. The summed E-state index contributed by atoms with van der Waals surface area (Å²) < 4.78 is 27.1. The van der Waals surface area contributed by atoms with Crippen molar-refractivity contribution in [2.24, 2.45) is 5.92 Å². The number of nitrogens with zero attached hydrogens (tertiary/aromatic N) is 1. The van der Waals surface area contributed by atoms with Gasteiger partial charge in [-0.2, -0.15) is 4.31 Å². The number of anilines is 1. The van der Waals surface area contributed by atoms with E-state index in [1.54, 1.807) is 6.07 Å². The molecule has 2 saturated heterocycles. The van der Waals surface area contributed by atoms with Crippen LogP contribution in [-0.4, -0.2) is 37.8 Å². The van der Waals surface area contributed by atoms with Crippen LogP contribution in [0.25, 0.3) is 0 Å². The van der Waals surface area contributed by atoms with Gasteiger partial charge in [0, 0.05) is 18.1 Å². The lowest BCUT2D eigenvalue weighted by atomic mass is 9.93. The van der Waals surface area contributed by atoms with Crippen LogP contribution in [0.4, 0.5) is 5.69 Å². The third kappa shape index (κ3) is 2.39.